The molecule has 2 N–H and O–H groups in total. The summed E-state index contributed by atoms with van der Waals surface area (Å²) in [5, 5.41) is 1.05. The smallest absolute Gasteiger partial charge is 0.343 e. The molecule has 7 heteroatoms. The molecule has 0 aliphatic carbocycles. The minimum atomic E-state index is -0.553. The van der Waals surface area contributed by atoms with Gasteiger partial charge in [-0.2, -0.15) is 4.37 Å². The van der Waals surface area contributed by atoms with Gasteiger partial charge in [-0.05, 0) is 37.0 Å². The summed E-state index contributed by atoms with van der Waals surface area (Å²) < 4.78 is 14.5. The number of aromatic nitrogens is 1. The predicted molar refractivity (Wildman–Crippen MR) is 87.6 cm³/mol. The number of ether oxygens (including phenoxy) is 1. The highest BCUT2D eigenvalue weighted by atomic mass is 32.1. The van der Waals surface area contributed by atoms with Gasteiger partial charge in [0.1, 0.15) is 22.8 Å². The number of nitrogens with zero attached hydrogens (tertiary/aromatic N) is 1. The second-order valence-electron chi connectivity index (χ2n) is 5.17. The summed E-state index contributed by atoms with van der Waals surface area (Å²) in [7, 11) is 0. The number of nitrogen functional groups attached to an aromatic ring is 1. The summed E-state index contributed by atoms with van der Waals surface area (Å²) in [6, 6.07) is 6.83. The fourth-order valence-electron chi connectivity index (χ4n) is 2.31. The third-order valence-corrected chi connectivity index (χ3v) is 4.20. The highest BCUT2D eigenvalue weighted by Gasteiger charge is 2.18. The van der Waals surface area contributed by atoms with Crippen molar-refractivity contribution in [3.63, 3.8) is 0 Å². The topological polar surface area (TPSA) is 95.4 Å². The molecule has 0 fully saturated rings. The van der Waals surface area contributed by atoms with E-state index in [4.69, 9.17) is 14.9 Å². The number of carbonyl (C=O) groups is 1. The molecule has 2 heterocycles. The number of hydrogen-bond donors (Lipinski definition) is 1. The number of carbonyl (C=O) groups excluding carboxylic acids is 1. The van der Waals surface area contributed by atoms with Gasteiger partial charge < -0.3 is 14.9 Å². The number of anilines is 1. The van der Waals surface area contributed by atoms with Crippen molar-refractivity contribution >= 4 is 33.5 Å². The lowest BCUT2D eigenvalue weighted by Crippen LogP contribution is -2.09. The number of esters is 1. The van der Waals surface area contributed by atoms with Crippen molar-refractivity contribution in [2.45, 2.75) is 20.5 Å². The van der Waals surface area contributed by atoms with Gasteiger partial charge in [-0.25, -0.2) is 9.59 Å². The summed E-state index contributed by atoms with van der Waals surface area (Å²) in [4.78, 5) is 23.8. The van der Waals surface area contributed by atoms with E-state index >= 15 is 0 Å². The Morgan fingerprint density at radius 1 is 1.35 bits per heavy atom. The largest absolute Gasteiger partial charge is 0.457 e. The van der Waals surface area contributed by atoms with Crippen LogP contribution in [-0.2, 0) is 11.3 Å². The third-order valence-electron chi connectivity index (χ3n) is 3.44. The monoisotopic (exact) mass is 330 g/mol. The van der Waals surface area contributed by atoms with Crippen LogP contribution >= 0.6 is 11.5 Å². The van der Waals surface area contributed by atoms with Crippen LogP contribution < -0.4 is 11.4 Å². The Balaban J connectivity index is 1.90. The van der Waals surface area contributed by atoms with Gasteiger partial charge in [0.2, 0.25) is 0 Å². The van der Waals surface area contributed by atoms with Gasteiger partial charge >= 0.3 is 11.6 Å². The van der Waals surface area contributed by atoms with Crippen molar-refractivity contribution in [2.24, 2.45) is 0 Å². The first kappa shape index (κ1) is 15.2. The second kappa shape index (κ2) is 5.85. The van der Waals surface area contributed by atoms with Gasteiger partial charge in [-0.3, -0.25) is 0 Å². The molecule has 3 aromatic rings. The van der Waals surface area contributed by atoms with Crippen molar-refractivity contribution in [2.75, 3.05) is 5.73 Å². The minimum Gasteiger partial charge on any atom is -0.457 e. The molecule has 2 aromatic heterocycles. The number of fused-ring (bicyclic) bond motifs is 1. The van der Waals surface area contributed by atoms with Crippen molar-refractivity contribution in [1.29, 1.82) is 0 Å². The van der Waals surface area contributed by atoms with Crippen LogP contribution in [0.5, 0.6) is 0 Å². The van der Waals surface area contributed by atoms with Crippen LogP contribution in [-0.4, -0.2) is 10.3 Å². The molecule has 0 spiro atoms. The molecule has 0 atom stereocenters. The molecular weight excluding hydrogens is 316 g/mol. The van der Waals surface area contributed by atoms with E-state index in [0.29, 0.717) is 21.8 Å². The van der Waals surface area contributed by atoms with E-state index in [1.54, 1.807) is 13.0 Å². The Morgan fingerprint density at radius 3 is 2.83 bits per heavy atom. The second-order valence-corrected chi connectivity index (χ2v) is 5.98. The molecule has 118 valence electrons. The van der Waals surface area contributed by atoms with Gasteiger partial charge in [-0.1, -0.05) is 12.1 Å². The lowest BCUT2D eigenvalue weighted by molar-refractivity contribution is 0.0474. The van der Waals surface area contributed by atoms with Crippen molar-refractivity contribution < 1.29 is 13.9 Å². The van der Waals surface area contributed by atoms with E-state index in [1.807, 2.05) is 19.1 Å². The SMILES string of the molecule is Cc1ccc2c(COC(=O)c3c(C)nsc3N)cc(=O)oc2c1. The first-order valence-corrected chi connectivity index (χ1v) is 7.65. The number of hydrogen-bond acceptors (Lipinski definition) is 7. The zero-order valence-corrected chi connectivity index (χ0v) is 13.4. The zero-order chi connectivity index (χ0) is 16.6. The summed E-state index contributed by atoms with van der Waals surface area (Å²) >= 11 is 1.05. The van der Waals surface area contributed by atoms with E-state index in [1.165, 1.54) is 6.07 Å². The molecule has 0 saturated heterocycles. The van der Waals surface area contributed by atoms with Gasteiger partial charge in [-0.15, -0.1) is 0 Å². The van der Waals surface area contributed by atoms with Gasteiger partial charge in [0.05, 0.1) is 5.69 Å². The van der Waals surface area contributed by atoms with Crippen LogP contribution in [0.2, 0.25) is 0 Å². The average Bonchev–Trinajstić information content (AvgIpc) is 2.83. The lowest BCUT2D eigenvalue weighted by Gasteiger charge is -2.07. The number of nitrogens with two attached hydrogens (primary N) is 1. The van der Waals surface area contributed by atoms with E-state index in [2.05, 4.69) is 4.37 Å². The average molecular weight is 330 g/mol. The van der Waals surface area contributed by atoms with Gasteiger partial charge in [0, 0.05) is 17.0 Å². The Kier molecular flexibility index (Phi) is 3.87. The van der Waals surface area contributed by atoms with Crippen LogP contribution in [0.3, 0.4) is 0 Å². The molecule has 0 aliphatic heterocycles. The van der Waals surface area contributed by atoms with Crippen LogP contribution in [0, 0.1) is 13.8 Å². The number of aryl methyl sites for hydroxylation is 2. The van der Waals surface area contributed by atoms with Crippen LogP contribution in [0.15, 0.2) is 33.5 Å². The standard InChI is InChI=1S/C16H14N2O4S/c1-8-3-4-11-10(6-13(19)22-12(11)5-8)7-21-16(20)14-9(2)18-23-15(14)17/h3-6H,7,17H2,1-2H3. The number of benzene rings is 1. The molecule has 0 radical (unpaired) electrons. The minimum absolute atomic E-state index is 0.0429. The van der Waals surface area contributed by atoms with E-state index in [-0.39, 0.29) is 12.2 Å². The molecule has 0 saturated carbocycles. The molecule has 0 unspecified atom stereocenters. The predicted octanol–water partition coefficient (Wildman–Crippen LogP) is 2.81. The van der Waals surface area contributed by atoms with Crippen molar-refractivity contribution in [1.82, 2.24) is 4.37 Å². The van der Waals surface area contributed by atoms with E-state index in [0.717, 1.165) is 22.5 Å². The van der Waals surface area contributed by atoms with E-state index < -0.39 is 11.6 Å². The maximum absolute atomic E-state index is 12.2. The van der Waals surface area contributed by atoms with Crippen molar-refractivity contribution in [3.05, 3.63) is 57.1 Å². The fourth-order valence-corrected chi connectivity index (χ4v) is 2.96. The Morgan fingerprint density at radius 2 is 2.13 bits per heavy atom. The first-order valence-electron chi connectivity index (χ1n) is 6.88. The molecule has 0 amide bonds. The Hall–Kier alpha value is -2.67. The molecule has 3 rings (SSSR count). The molecular formula is C16H14N2O4S. The molecule has 0 bridgehead atoms. The van der Waals surface area contributed by atoms with Gasteiger partial charge in [0.25, 0.3) is 0 Å². The van der Waals surface area contributed by atoms with Crippen LogP contribution in [0.4, 0.5) is 5.00 Å². The van der Waals surface area contributed by atoms with Gasteiger partial charge in [0.15, 0.2) is 0 Å². The summed E-state index contributed by atoms with van der Waals surface area (Å²) in [5.74, 6) is -0.553. The highest BCUT2D eigenvalue weighted by Crippen LogP contribution is 2.23. The summed E-state index contributed by atoms with van der Waals surface area (Å²) in [6.07, 6.45) is 0. The molecule has 1 aromatic carbocycles. The van der Waals surface area contributed by atoms with Crippen molar-refractivity contribution in [3.8, 4) is 0 Å². The third kappa shape index (κ3) is 2.95. The summed E-state index contributed by atoms with van der Waals surface area (Å²) in [6.45, 7) is 3.55. The molecule has 6 nitrogen and oxygen atoms in total. The van der Waals surface area contributed by atoms with Crippen LogP contribution in [0.25, 0.3) is 11.0 Å². The summed E-state index contributed by atoms with van der Waals surface area (Å²) in [5.41, 5.74) is 8.09. The lowest BCUT2D eigenvalue weighted by atomic mass is 10.1. The normalized spacial score (nSPS) is 10.9. The fraction of sp³-hybridized carbons (Fsp3) is 0.188. The molecule has 0 aliphatic rings. The maximum Gasteiger partial charge on any atom is 0.343 e. The van der Waals surface area contributed by atoms with Crippen LogP contribution in [0.1, 0.15) is 27.2 Å². The Bertz CT molecular complexity index is 939. The quantitative estimate of drug-likeness (QED) is 0.586. The zero-order valence-electron chi connectivity index (χ0n) is 12.6. The maximum atomic E-state index is 12.2. The number of rotatable bonds is 3. The van der Waals surface area contributed by atoms with E-state index in [9.17, 15) is 9.59 Å². The molecule has 23 heavy (non-hydrogen) atoms. The highest BCUT2D eigenvalue weighted by molar-refractivity contribution is 7.10. The first-order chi connectivity index (χ1) is 11.0. The Labute approximate surface area is 135 Å².